The van der Waals surface area contributed by atoms with Crippen molar-refractivity contribution >= 4 is 11.6 Å². The summed E-state index contributed by atoms with van der Waals surface area (Å²) in [5, 5.41) is 8.87. The summed E-state index contributed by atoms with van der Waals surface area (Å²) < 4.78 is 1.98. The lowest BCUT2D eigenvalue weighted by Crippen LogP contribution is -2.34. The van der Waals surface area contributed by atoms with E-state index in [2.05, 4.69) is 35.5 Å². The van der Waals surface area contributed by atoms with Gasteiger partial charge < -0.3 is 5.32 Å². The summed E-state index contributed by atoms with van der Waals surface area (Å²) in [5.41, 5.74) is 3.66. The molecule has 0 aliphatic heterocycles. The number of nitrogens with zero attached hydrogens (tertiary/aromatic N) is 2. The molecule has 0 aliphatic rings. The SMILES string of the molecule is CCCNC(Cc1ccc(Cl)cc1)Cc1cc(C)nn1C. The Morgan fingerprint density at radius 1 is 1.24 bits per heavy atom. The van der Waals surface area contributed by atoms with Crippen LogP contribution in [0.15, 0.2) is 30.3 Å². The van der Waals surface area contributed by atoms with Crippen molar-refractivity contribution in [3.8, 4) is 0 Å². The van der Waals surface area contributed by atoms with Crippen LogP contribution < -0.4 is 5.32 Å². The van der Waals surface area contributed by atoms with Crippen LogP contribution >= 0.6 is 11.6 Å². The minimum absolute atomic E-state index is 0.418. The van der Waals surface area contributed by atoms with E-state index in [1.165, 1.54) is 11.3 Å². The third-order valence-corrected chi connectivity index (χ3v) is 3.88. The van der Waals surface area contributed by atoms with Crippen LogP contribution in [0.5, 0.6) is 0 Å². The molecular weight excluding hydrogens is 282 g/mol. The van der Waals surface area contributed by atoms with Crippen molar-refractivity contribution in [2.45, 2.75) is 39.2 Å². The van der Waals surface area contributed by atoms with Crippen molar-refractivity contribution in [2.24, 2.45) is 7.05 Å². The number of aromatic nitrogens is 2. The lowest BCUT2D eigenvalue weighted by atomic mass is 10.0. The Labute approximate surface area is 132 Å². The number of benzene rings is 1. The molecule has 1 aromatic heterocycles. The Morgan fingerprint density at radius 3 is 2.52 bits per heavy atom. The number of hydrogen-bond acceptors (Lipinski definition) is 2. The highest BCUT2D eigenvalue weighted by Crippen LogP contribution is 2.13. The first kappa shape index (κ1) is 16.1. The van der Waals surface area contributed by atoms with Gasteiger partial charge in [0.2, 0.25) is 0 Å². The topological polar surface area (TPSA) is 29.9 Å². The molecule has 0 aliphatic carbocycles. The summed E-state index contributed by atoms with van der Waals surface area (Å²) in [6, 6.07) is 10.7. The standard InChI is InChI=1S/C17H24ClN3/c1-4-9-19-16(11-14-5-7-15(18)8-6-14)12-17-10-13(2)20-21(17)3/h5-8,10,16,19H,4,9,11-12H2,1-3H3. The average molecular weight is 306 g/mol. The Hall–Kier alpha value is -1.32. The molecule has 1 atom stereocenters. The molecule has 1 heterocycles. The number of rotatable bonds is 7. The summed E-state index contributed by atoms with van der Waals surface area (Å²) >= 11 is 5.96. The maximum Gasteiger partial charge on any atom is 0.0596 e. The molecule has 2 rings (SSSR count). The minimum Gasteiger partial charge on any atom is -0.313 e. The average Bonchev–Trinajstić information content (AvgIpc) is 2.76. The first-order valence-corrected chi connectivity index (χ1v) is 7.93. The monoisotopic (exact) mass is 305 g/mol. The predicted molar refractivity (Wildman–Crippen MR) is 88.9 cm³/mol. The van der Waals surface area contributed by atoms with Gasteiger partial charge in [0.1, 0.15) is 0 Å². The maximum absolute atomic E-state index is 5.96. The molecule has 0 spiro atoms. The maximum atomic E-state index is 5.96. The van der Waals surface area contributed by atoms with E-state index in [-0.39, 0.29) is 0 Å². The molecular formula is C17H24ClN3. The van der Waals surface area contributed by atoms with Gasteiger partial charge in [0.15, 0.2) is 0 Å². The molecule has 0 saturated heterocycles. The van der Waals surface area contributed by atoms with E-state index < -0.39 is 0 Å². The fraction of sp³-hybridized carbons (Fsp3) is 0.471. The highest BCUT2D eigenvalue weighted by molar-refractivity contribution is 6.30. The first-order chi connectivity index (χ1) is 10.1. The van der Waals surface area contributed by atoms with E-state index in [4.69, 9.17) is 11.6 Å². The van der Waals surface area contributed by atoms with Crippen LogP contribution in [-0.2, 0) is 19.9 Å². The highest BCUT2D eigenvalue weighted by atomic mass is 35.5. The zero-order valence-corrected chi connectivity index (χ0v) is 13.8. The second-order valence-electron chi connectivity index (χ2n) is 5.59. The Balaban J connectivity index is 2.06. The van der Waals surface area contributed by atoms with Gasteiger partial charge in [0.05, 0.1) is 5.69 Å². The van der Waals surface area contributed by atoms with Gasteiger partial charge in [0, 0.05) is 30.2 Å². The highest BCUT2D eigenvalue weighted by Gasteiger charge is 2.13. The molecule has 0 bridgehead atoms. The van der Waals surface area contributed by atoms with E-state index in [1.54, 1.807) is 0 Å². The quantitative estimate of drug-likeness (QED) is 0.848. The Kier molecular flexibility index (Phi) is 5.83. The molecule has 4 heteroatoms. The summed E-state index contributed by atoms with van der Waals surface area (Å²) in [5.74, 6) is 0. The van der Waals surface area contributed by atoms with Crippen molar-refractivity contribution in [3.05, 3.63) is 52.3 Å². The third kappa shape index (κ3) is 4.87. The van der Waals surface area contributed by atoms with Gasteiger partial charge in [-0.2, -0.15) is 5.10 Å². The molecule has 1 aromatic carbocycles. The predicted octanol–water partition coefficient (Wildman–Crippen LogP) is 3.54. The van der Waals surface area contributed by atoms with Gasteiger partial charge >= 0.3 is 0 Å². The lowest BCUT2D eigenvalue weighted by molar-refractivity contribution is 0.490. The van der Waals surface area contributed by atoms with Gasteiger partial charge in [-0.05, 0) is 50.1 Å². The molecule has 2 aromatic rings. The molecule has 0 amide bonds. The minimum atomic E-state index is 0.418. The van der Waals surface area contributed by atoms with Crippen molar-refractivity contribution in [2.75, 3.05) is 6.54 Å². The van der Waals surface area contributed by atoms with Crippen molar-refractivity contribution in [3.63, 3.8) is 0 Å². The van der Waals surface area contributed by atoms with Crippen LogP contribution in [0.1, 0.15) is 30.3 Å². The van der Waals surface area contributed by atoms with Gasteiger partial charge in [-0.15, -0.1) is 0 Å². The lowest BCUT2D eigenvalue weighted by Gasteiger charge is -2.19. The van der Waals surface area contributed by atoms with Gasteiger partial charge in [0.25, 0.3) is 0 Å². The van der Waals surface area contributed by atoms with Gasteiger partial charge in [-0.1, -0.05) is 30.7 Å². The molecule has 1 N–H and O–H groups in total. The van der Waals surface area contributed by atoms with E-state index >= 15 is 0 Å². The zero-order chi connectivity index (χ0) is 15.2. The second-order valence-corrected chi connectivity index (χ2v) is 6.02. The van der Waals surface area contributed by atoms with E-state index in [9.17, 15) is 0 Å². The van der Waals surface area contributed by atoms with Gasteiger partial charge in [-0.3, -0.25) is 4.68 Å². The Morgan fingerprint density at radius 2 is 1.95 bits per heavy atom. The number of halogens is 1. The molecule has 114 valence electrons. The molecule has 0 radical (unpaired) electrons. The third-order valence-electron chi connectivity index (χ3n) is 3.63. The van der Waals surface area contributed by atoms with Crippen LogP contribution in [0.2, 0.25) is 5.02 Å². The van der Waals surface area contributed by atoms with Crippen LogP contribution in [0.25, 0.3) is 0 Å². The van der Waals surface area contributed by atoms with Crippen LogP contribution in [0.3, 0.4) is 0 Å². The normalized spacial score (nSPS) is 12.6. The zero-order valence-electron chi connectivity index (χ0n) is 13.1. The van der Waals surface area contributed by atoms with Crippen LogP contribution in [0.4, 0.5) is 0 Å². The van der Waals surface area contributed by atoms with E-state index in [1.807, 2.05) is 30.8 Å². The molecule has 0 fully saturated rings. The second kappa shape index (κ2) is 7.62. The van der Waals surface area contributed by atoms with E-state index in [0.29, 0.717) is 6.04 Å². The largest absolute Gasteiger partial charge is 0.313 e. The Bertz CT molecular complexity index is 560. The summed E-state index contributed by atoms with van der Waals surface area (Å²) in [4.78, 5) is 0. The molecule has 21 heavy (non-hydrogen) atoms. The van der Waals surface area contributed by atoms with Crippen LogP contribution in [-0.4, -0.2) is 22.4 Å². The van der Waals surface area contributed by atoms with Crippen LogP contribution in [0, 0.1) is 6.92 Å². The molecule has 0 saturated carbocycles. The molecule has 3 nitrogen and oxygen atoms in total. The van der Waals surface area contributed by atoms with Crippen molar-refractivity contribution < 1.29 is 0 Å². The van der Waals surface area contributed by atoms with Gasteiger partial charge in [-0.25, -0.2) is 0 Å². The van der Waals surface area contributed by atoms with Crippen molar-refractivity contribution in [1.82, 2.24) is 15.1 Å². The summed E-state index contributed by atoms with van der Waals surface area (Å²) in [6.45, 7) is 5.27. The number of nitrogens with one attached hydrogen (secondary N) is 1. The van der Waals surface area contributed by atoms with Crippen molar-refractivity contribution in [1.29, 1.82) is 0 Å². The number of hydrogen-bond donors (Lipinski definition) is 1. The summed E-state index contributed by atoms with van der Waals surface area (Å²) in [6.07, 6.45) is 3.13. The fourth-order valence-electron chi connectivity index (χ4n) is 2.58. The fourth-order valence-corrected chi connectivity index (χ4v) is 2.70. The molecule has 1 unspecified atom stereocenters. The van der Waals surface area contributed by atoms with E-state index in [0.717, 1.165) is 36.5 Å². The summed E-state index contributed by atoms with van der Waals surface area (Å²) in [7, 11) is 2.02. The number of aryl methyl sites for hydroxylation is 2. The smallest absolute Gasteiger partial charge is 0.0596 e. The first-order valence-electron chi connectivity index (χ1n) is 7.56.